The maximum absolute atomic E-state index is 12.8. The highest BCUT2D eigenvalue weighted by Gasteiger charge is 2.31. The second-order valence-electron chi connectivity index (χ2n) is 7.31. The largest absolute Gasteiger partial charge is 0.493 e. The summed E-state index contributed by atoms with van der Waals surface area (Å²) in [4.78, 5) is 14.1. The van der Waals surface area contributed by atoms with Gasteiger partial charge in [-0.15, -0.1) is 0 Å². The second kappa shape index (κ2) is 10.1. The van der Waals surface area contributed by atoms with E-state index in [4.69, 9.17) is 14.2 Å². The maximum Gasteiger partial charge on any atom is 0.251 e. The number of carbonyl (C=O) groups is 1. The maximum atomic E-state index is 12.8. The van der Waals surface area contributed by atoms with Crippen LogP contribution in [0.25, 0.3) is 0 Å². The Kier molecular flexibility index (Phi) is 7.58. The summed E-state index contributed by atoms with van der Waals surface area (Å²) >= 11 is 0. The molecule has 0 bridgehead atoms. The van der Waals surface area contributed by atoms with Gasteiger partial charge in [-0.3, -0.25) is 9.69 Å². The third-order valence-corrected chi connectivity index (χ3v) is 5.19. The van der Waals surface area contributed by atoms with E-state index in [0.29, 0.717) is 37.1 Å². The number of benzene rings is 1. The van der Waals surface area contributed by atoms with E-state index in [1.165, 1.54) is 4.90 Å². The highest BCUT2D eigenvalue weighted by molar-refractivity contribution is 5.95. The topological polar surface area (TPSA) is 60.0 Å². The number of ether oxygens (including phenoxy) is 3. The first kappa shape index (κ1) is 21.0. The van der Waals surface area contributed by atoms with Gasteiger partial charge in [0.15, 0.2) is 0 Å². The monoisotopic (exact) mass is 398 g/mol. The Morgan fingerprint density at radius 3 is 2.82 bits per heavy atom. The first-order chi connectivity index (χ1) is 13.5. The number of hydrogen-bond donors (Lipinski definition) is 1. The van der Waals surface area contributed by atoms with Crippen LogP contribution in [0.5, 0.6) is 5.75 Å². The summed E-state index contributed by atoms with van der Waals surface area (Å²) in [6.45, 7) is 4.43. The first-order valence-corrected chi connectivity index (χ1v) is 9.75. The first-order valence-electron chi connectivity index (χ1n) is 9.75. The van der Waals surface area contributed by atoms with Crippen molar-refractivity contribution in [3.63, 3.8) is 0 Å². The molecule has 1 amide bonds. The molecule has 1 N–H and O–H groups in total. The van der Waals surface area contributed by atoms with Crippen molar-refractivity contribution < 1.29 is 27.8 Å². The van der Waals surface area contributed by atoms with Crippen LogP contribution < -0.4 is 10.1 Å². The number of aryl methyl sites for hydroxylation is 1. The Hall–Kier alpha value is -1.77. The molecule has 0 aromatic heterocycles. The number of carbonyl (C=O) groups excluding carboxylic acids is 1. The van der Waals surface area contributed by atoms with E-state index in [-0.39, 0.29) is 12.5 Å². The third-order valence-electron chi connectivity index (χ3n) is 5.19. The van der Waals surface area contributed by atoms with Gasteiger partial charge in [-0.2, -0.15) is 0 Å². The zero-order chi connectivity index (χ0) is 19.9. The average molecular weight is 398 g/mol. The molecule has 0 radical (unpaired) electrons. The normalized spacial score (nSPS) is 21.6. The van der Waals surface area contributed by atoms with E-state index in [0.717, 1.165) is 31.6 Å². The summed E-state index contributed by atoms with van der Waals surface area (Å²) in [6, 6.07) is 4.72. The van der Waals surface area contributed by atoms with E-state index in [2.05, 4.69) is 5.32 Å². The minimum atomic E-state index is -2.49. The molecule has 1 unspecified atom stereocenters. The molecule has 1 atom stereocenters. The molecule has 156 valence electrons. The van der Waals surface area contributed by atoms with Gasteiger partial charge in [0.2, 0.25) is 5.91 Å². The number of hydrogen-bond acceptors (Lipinski definition) is 5. The summed E-state index contributed by atoms with van der Waals surface area (Å²) in [5.74, 6) is 0.835. The molecule has 0 aliphatic carbocycles. The number of morpholine rings is 1. The number of nitrogens with one attached hydrogen (secondary N) is 1. The lowest BCUT2D eigenvalue weighted by molar-refractivity contribution is -0.128. The number of anilines is 1. The van der Waals surface area contributed by atoms with Crippen molar-refractivity contribution in [2.24, 2.45) is 5.92 Å². The van der Waals surface area contributed by atoms with Crippen molar-refractivity contribution in [2.75, 3.05) is 51.4 Å². The molecule has 1 aromatic carbocycles. The van der Waals surface area contributed by atoms with E-state index < -0.39 is 19.0 Å². The fraction of sp³-hybridized carbons (Fsp3) is 0.650. The Balaban J connectivity index is 1.60. The lowest BCUT2D eigenvalue weighted by atomic mass is 10.0. The van der Waals surface area contributed by atoms with Crippen LogP contribution in [0.3, 0.4) is 0 Å². The van der Waals surface area contributed by atoms with Gasteiger partial charge in [-0.05, 0) is 37.3 Å². The number of amides is 1. The predicted molar refractivity (Wildman–Crippen MR) is 101 cm³/mol. The van der Waals surface area contributed by atoms with Gasteiger partial charge >= 0.3 is 0 Å². The Morgan fingerprint density at radius 2 is 2.07 bits per heavy atom. The van der Waals surface area contributed by atoms with Gasteiger partial charge in [0.05, 0.1) is 26.4 Å². The minimum absolute atomic E-state index is 0.109. The zero-order valence-corrected chi connectivity index (χ0v) is 16.2. The molecule has 6 nitrogen and oxygen atoms in total. The summed E-state index contributed by atoms with van der Waals surface area (Å²) in [5, 5.41) is 2.81. The second-order valence-corrected chi connectivity index (χ2v) is 7.31. The molecule has 2 aliphatic heterocycles. The van der Waals surface area contributed by atoms with E-state index in [1.54, 1.807) is 12.1 Å². The van der Waals surface area contributed by atoms with Crippen molar-refractivity contribution in [1.82, 2.24) is 4.90 Å². The van der Waals surface area contributed by atoms with E-state index in [1.807, 2.05) is 13.0 Å². The molecule has 2 saturated heterocycles. The van der Waals surface area contributed by atoms with Crippen LogP contribution in [0, 0.1) is 12.8 Å². The average Bonchev–Trinajstić information content (AvgIpc) is 2.69. The van der Waals surface area contributed by atoms with Crippen molar-refractivity contribution in [3.8, 4) is 5.75 Å². The predicted octanol–water partition coefficient (Wildman–Crippen LogP) is 2.70. The molecule has 0 saturated carbocycles. The fourth-order valence-electron chi connectivity index (χ4n) is 3.45. The van der Waals surface area contributed by atoms with Crippen molar-refractivity contribution >= 4 is 11.6 Å². The molecule has 3 rings (SSSR count). The highest BCUT2D eigenvalue weighted by atomic mass is 19.3. The molecule has 8 heteroatoms. The Labute approximate surface area is 164 Å². The van der Waals surface area contributed by atoms with Gasteiger partial charge in [-0.1, -0.05) is 6.07 Å². The lowest BCUT2D eigenvalue weighted by Crippen LogP contribution is -2.53. The smallest absolute Gasteiger partial charge is 0.251 e. The number of alkyl halides is 2. The van der Waals surface area contributed by atoms with Crippen LogP contribution in [0.4, 0.5) is 14.5 Å². The standard InChI is InChI=1S/C20H28F2N2O4/c1-14-2-3-16(10-18(14)28-12-15-4-7-26-8-5-15)23-20(25)17-13-27-9-6-24(17)11-19(21)22/h2-3,10,15,17,19H,4-9,11-13H2,1H3,(H,23,25). The van der Waals surface area contributed by atoms with Gasteiger partial charge in [0, 0.05) is 31.5 Å². The Bertz CT molecular complexity index is 653. The van der Waals surface area contributed by atoms with Crippen molar-refractivity contribution in [2.45, 2.75) is 32.2 Å². The van der Waals surface area contributed by atoms with Gasteiger partial charge in [-0.25, -0.2) is 8.78 Å². The number of nitrogens with zero attached hydrogens (tertiary/aromatic N) is 1. The summed E-state index contributed by atoms with van der Waals surface area (Å²) in [7, 11) is 0. The van der Waals surface area contributed by atoms with Gasteiger partial charge in [0.1, 0.15) is 11.8 Å². The van der Waals surface area contributed by atoms with E-state index in [9.17, 15) is 13.6 Å². The van der Waals surface area contributed by atoms with Crippen LogP contribution >= 0.6 is 0 Å². The molecule has 28 heavy (non-hydrogen) atoms. The molecule has 2 fully saturated rings. The fourth-order valence-corrected chi connectivity index (χ4v) is 3.45. The summed E-state index contributed by atoms with van der Waals surface area (Å²) in [6.07, 6.45) is -0.521. The van der Waals surface area contributed by atoms with Gasteiger partial charge < -0.3 is 19.5 Å². The zero-order valence-electron chi connectivity index (χ0n) is 16.2. The van der Waals surface area contributed by atoms with Crippen LogP contribution in [0.1, 0.15) is 18.4 Å². The quantitative estimate of drug-likeness (QED) is 0.765. The molecular weight excluding hydrogens is 370 g/mol. The van der Waals surface area contributed by atoms with Crippen LogP contribution in [0.15, 0.2) is 18.2 Å². The highest BCUT2D eigenvalue weighted by Crippen LogP contribution is 2.25. The number of rotatable bonds is 7. The van der Waals surface area contributed by atoms with Gasteiger partial charge in [0.25, 0.3) is 6.43 Å². The minimum Gasteiger partial charge on any atom is -0.493 e. The molecule has 2 heterocycles. The van der Waals surface area contributed by atoms with Crippen LogP contribution in [0.2, 0.25) is 0 Å². The van der Waals surface area contributed by atoms with Crippen molar-refractivity contribution in [1.29, 1.82) is 0 Å². The van der Waals surface area contributed by atoms with Crippen molar-refractivity contribution in [3.05, 3.63) is 23.8 Å². The summed E-state index contributed by atoms with van der Waals surface area (Å²) in [5.41, 5.74) is 1.56. The molecule has 0 spiro atoms. The third kappa shape index (κ3) is 5.86. The SMILES string of the molecule is Cc1ccc(NC(=O)C2COCCN2CC(F)F)cc1OCC1CCOCC1. The molecular formula is C20H28F2N2O4. The van der Waals surface area contributed by atoms with Crippen LogP contribution in [-0.2, 0) is 14.3 Å². The molecule has 2 aliphatic rings. The van der Waals surface area contributed by atoms with E-state index >= 15 is 0 Å². The lowest BCUT2D eigenvalue weighted by Gasteiger charge is -2.34. The summed E-state index contributed by atoms with van der Waals surface area (Å²) < 4.78 is 42.2. The number of halogens is 2. The van der Waals surface area contributed by atoms with Crippen LogP contribution in [-0.4, -0.2) is 69.4 Å². The Morgan fingerprint density at radius 1 is 1.29 bits per heavy atom. The molecule has 1 aromatic rings.